The number of pyridine rings is 1. The Labute approximate surface area is 78.8 Å². The van der Waals surface area contributed by atoms with E-state index in [9.17, 15) is 4.79 Å². The van der Waals surface area contributed by atoms with Crippen LogP contribution < -0.4 is 0 Å². The van der Waals surface area contributed by atoms with Gasteiger partial charge in [0.25, 0.3) is 0 Å². The fourth-order valence-electron chi connectivity index (χ4n) is 0.576. The Bertz CT molecular complexity index is 185. The molecule has 0 saturated heterocycles. The lowest BCUT2D eigenvalue weighted by Gasteiger charge is -1.93. The molecule has 0 aliphatic heterocycles. The highest BCUT2D eigenvalue weighted by Gasteiger charge is 1.91. The van der Waals surface area contributed by atoms with Crippen molar-refractivity contribution >= 4 is 5.97 Å². The van der Waals surface area contributed by atoms with Crippen LogP contribution in [-0.4, -0.2) is 17.6 Å². The number of rotatable bonds is 2. The molecular formula is C10H15NO2. The van der Waals surface area contributed by atoms with E-state index in [1.807, 2.05) is 18.2 Å². The highest BCUT2D eigenvalue weighted by molar-refractivity contribution is 5.68. The zero-order valence-electron chi connectivity index (χ0n) is 8.06. The maximum Gasteiger partial charge on any atom is 0.305 e. The Kier molecular flexibility index (Phi) is 7.79. The Morgan fingerprint density at radius 3 is 2.00 bits per heavy atom. The third-order valence-corrected chi connectivity index (χ3v) is 1.16. The lowest BCUT2D eigenvalue weighted by Crippen LogP contribution is -2.00. The van der Waals surface area contributed by atoms with Gasteiger partial charge < -0.3 is 4.74 Å². The van der Waals surface area contributed by atoms with Gasteiger partial charge in [-0.05, 0) is 19.1 Å². The smallest absolute Gasteiger partial charge is 0.305 e. The molecule has 0 bridgehead atoms. The molecule has 0 amide bonds. The van der Waals surface area contributed by atoms with Crippen LogP contribution in [0.3, 0.4) is 0 Å². The lowest BCUT2D eigenvalue weighted by molar-refractivity contribution is -0.142. The molecule has 1 heterocycles. The van der Waals surface area contributed by atoms with E-state index in [-0.39, 0.29) is 5.97 Å². The first-order chi connectivity index (χ1) is 6.31. The van der Waals surface area contributed by atoms with Crippen LogP contribution in [-0.2, 0) is 9.53 Å². The van der Waals surface area contributed by atoms with Crippen molar-refractivity contribution in [3.05, 3.63) is 30.6 Å². The maximum atomic E-state index is 10.2. The van der Waals surface area contributed by atoms with Crippen LogP contribution in [0.5, 0.6) is 0 Å². The maximum absolute atomic E-state index is 10.2. The Morgan fingerprint density at radius 1 is 1.23 bits per heavy atom. The van der Waals surface area contributed by atoms with E-state index in [4.69, 9.17) is 0 Å². The SMILES string of the molecule is CCOC(=O)CC.c1ccncc1. The molecule has 72 valence electrons. The summed E-state index contributed by atoms with van der Waals surface area (Å²) in [5.74, 6) is -0.123. The monoisotopic (exact) mass is 181 g/mol. The number of esters is 1. The summed E-state index contributed by atoms with van der Waals surface area (Å²) in [6.07, 6.45) is 3.98. The van der Waals surface area contributed by atoms with Gasteiger partial charge in [0.05, 0.1) is 6.61 Å². The molecule has 1 aromatic heterocycles. The summed E-state index contributed by atoms with van der Waals surface area (Å²) in [6, 6.07) is 5.72. The van der Waals surface area contributed by atoms with Gasteiger partial charge in [-0.25, -0.2) is 0 Å². The van der Waals surface area contributed by atoms with Gasteiger partial charge in [-0.1, -0.05) is 13.0 Å². The molecule has 0 aromatic carbocycles. The van der Waals surface area contributed by atoms with Crippen molar-refractivity contribution < 1.29 is 9.53 Å². The number of aromatic nitrogens is 1. The van der Waals surface area contributed by atoms with E-state index in [1.54, 1.807) is 26.2 Å². The van der Waals surface area contributed by atoms with E-state index in [0.717, 1.165) is 0 Å². The Hall–Kier alpha value is -1.38. The van der Waals surface area contributed by atoms with Gasteiger partial charge in [0, 0.05) is 18.8 Å². The number of hydrogen-bond donors (Lipinski definition) is 0. The van der Waals surface area contributed by atoms with Gasteiger partial charge in [-0.3, -0.25) is 9.78 Å². The molecule has 13 heavy (non-hydrogen) atoms. The van der Waals surface area contributed by atoms with Gasteiger partial charge in [0.1, 0.15) is 0 Å². The Morgan fingerprint density at radius 2 is 1.85 bits per heavy atom. The highest BCUT2D eigenvalue weighted by Crippen LogP contribution is 1.80. The topological polar surface area (TPSA) is 39.2 Å². The number of carbonyl (C=O) groups excluding carboxylic acids is 1. The van der Waals surface area contributed by atoms with Gasteiger partial charge in [-0.15, -0.1) is 0 Å². The predicted molar refractivity (Wildman–Crippen MR) is 51.2 cm³/mol. The van der Waals surface area contributed by atoms with Crippen molar-refractivity contribution in [1.29, 1.82) is 0 Å². The van der Waals surface area contributed by atoms with Crippen LogP contribution in [0.15, 0.2) is 30.6 Å². The fraction of sp³-hybridized carbons (Fsp3) is 0.400. The zero-order chi connectivity index (χ0) is 9.94. The summed E-state index contributed by atoms with van der Waals surface area (Å²) in [5, 5.41) is 0. The van der Waals surface area contributed by atoms with Crippen molar-refractivity contribution in [2.75, 3.05) is 6.61 Å². The van der Waals surface area contributed by atoms with Crippen LogP contribution >= 0.6 is 0 Å². The minimum atomic E-state index is -0.123. The largest absolute Gasteiger partial charge is 0.466 e. The molecule has 0 atom stereocenters. The van der Waals surface area contributed by atoms with Crippen molar-refractivity contribution in [2.45, 2.75) is 20.3 Å². The molecule has 0 aliphatic rings. The van der Waals surface area contributed by atoms with Gasteiger partial charge in [-0.2, -0.15) is 0 Å². The first-order valence-electron chi connectivity index (χ1n) is 4.31. The van der Waals surface area contributed by atoms with Crippen molar-refractivity contribution in [1.82, 2.24) is 4.98 Å². The van der Waals surface area contributed by atoms with Crippen molar-refractivity contribution in [2.24, 2.45) is 0 Å². The summed E-state index contributed by atoms with van der Waals surface area (Å²) in [7, 11) is 0. The van der Waals surface area contributed by atoms with Crippen LogP contribution in [0, 0.1) is 0 Å². The molecule has 0 radical (unpaired) electrons. The standard InChI is InChI=1S/C5H5N.C5H10O2/c1-2-4-6-5-3-1;1-3-5(6)7-4-2/h1-5H;3-4H2,1-2H3. The molecule has 1 aromatic rings. The molecule has 0 aliphatic carbocycles. The van der Waals surface area contributed by atoms with Crippen molar-refractivity contribution in [3.63, 3.8) is 0 Å². The molecule has 0 unspecified atom stereocenters. The molecule has 3 heteroatoms. The number of carbonyl (C=O) groups is 1. The summed E-state index contributed by atoms with van der Waals surface area (Å²) in [4.78, 5) is 14.0. The average Bonchev–Trinajstić information content (AvgIpc) is 2.22. The second kappa shape index (κ2) is 8.71. The normalized spacial score (nSPS) is 8.15. The lowest BCUT2D eigenvalue weighted by atomic mass is 10.5. The van der Waals surface area contributed by atoms with E-state index >= 15 is 0 Å². The molecule has 0 fully saturated rings. The van der Waals surface area contributed by atoms with Crippen LogP contribution in [0.25, 0.3) is 0 Å². The van der Waals surface area contributed by atoms with Crippen LogP contribution in [0.1, 0.15) is 20.3 Å². The van der Waals surface area contributed by atoms with Crippen LogP contribution in [0.4, 0.5) is 0 Å². The fourth-order valence-corrected chi connectivity index (χ4v) is 0.576. The van der Waals surface area contributed by atoms with Gasteiger partial charge in [0.2, 0.25) is 0 Å². The predicted octanol–water partition coefficient (Wildman–Crippen LogP) is 2.04. The van der Waals surface area contributed by atoms with Crippen molar-refractivity contribution in [3.8, 4) is 0 Å². The summed E-state index contributed by atoms with van der Waals surface area (Å²) in [6.45, 7) is 4.07. The molecule has 3 nitrogen and oxygen atoms in total. The summed E-state index contributed by atoms with van der Waals surface area (Å²) in [5.41, 5.74) is 0. The highest BCUT2D eigenvalue weighted by atomic mass is 16.5. The number of hydrogen-bond acceptors (Lipinski definition) is 3. The molecule has 1 rings (SSSR count). The number of nitrogens with zero attached hydrogens (tertiary/aromatic N) is 1. The first-order valence-corrected chi connectivity index (χ1v) is 4.31. The molecule has 0 saturated carbocycles. The first kappa shape index (κ1) is 11.6. The molecular weight excluding hydrogens is 166 g/mol. The second-order valence-corrected chi connectivity index (χ2v) is 2.18. The molecule has 0 N–H and O–H groups in total. The second-order valence-electron chi connectivity index (χ2n) is 2.18. The van der Waals surface area contributed by atoms with E-state index in [1.165, 1.54) is 0 Å². The van der Waals surface area contributed by atoms with Crippen LogP contribution in [0.2, 0.25) is 0 Å². The summed E-state index contributed by atoms with van der Waals surface area (Å²) < 4.78 is 4.55. The quantitative estimate of drug-likeness (QED) is 0.655. The average molecular weight is 181 g/mol. The minimum Gasteiger partial charge on any atom is -0.466 e. The van der Waals surface area contributed by atoms with Gasteiger partial charge >= 0.3 is 5.97 Å². The minimum absolute atomic E-state index is 0.123. The third kappa shape index (κ3) is 8.53. The van der Waals surface area contributed by atoms with E-state index in [2.05, 4.69) is 9.72 Å². The van der Waals surface area contributed by atoms with E-state index in [0.29, 0.717) is 13.0 Å². The zero-order valence-corrected chi connectivity index (χ0v) is 8.06. The third-order valence-electron chi connectivity index (χ3n) is 1.16. The van der Waals surface area contributed by atoms with Gasteiger partial charge in [0.15, 0.2) is 0 Å². The Balaban J connectivity index is 0.000000223. The number of ether oxygens (including phenoxy) is 1. The summed E-state index contributed by atoms with van der Waals surface area (Å²) >= 11 is 0. The molecule has 0 spiro atoms. The van der Waals surface area contributed by atoms with E-state index < -0.39 is 0 Å².